The zero-order chi connectivity index (χ0) is 15.5. The highest BCUT2D eigenvalue weighted by Gasteiger charge is 2.39. The Kier molecular flexibility index (Phi) is 4.81. The molecule has 2 heterocycles. The summed E-state index contributed by atoms with van der Waals surface area (Å²) in [4.78, 5) is 28.6. The van der Waals surface area contributed by atoms with Gasteiger partial charge in [-0.25, -0.2) is 0 Å². The second kappa shape index (κ2) is 6.82. The fraction of sp³-hybridized carbons (Fsp3) is 0.765. The highest BCUT2D eigenvalue weighted by atomic mass is 16.5. The second-order valence-corrected chi connectivity index (χ2v) is 6.77. The molecule has 3 atom stereocenters. The van der Waals surface area contributed by atoms with Gasteiger partial charge >= 0.3 is 0 Å². The van der Waals surface area contributed by atoms with Gasteiger partial charge in [0.05, 0.1) is 12.5 Å². The fourth-order valence-corrected chi connectivity index (χ4v) is 3.99. The maximum absolute atomic E-state index is 12.8. The molecule has 5 nitrogen and oxygen atoms in total. The normalized spacial score (nSPS) is 31.5. The Balaban J connectivity index is 1.57. The standard InChI is InChI=1S/C17H26N2O3/c1-22-9-8-18-12-15(6-7-16(18)20)17(21)19-10-13-4-2-3-5-14(13)11-19/h2-3,13-15H,4-12H2,1H3/t13-,14+,15?. The molecule has 2 amide bonds. The van der Waals surface area contributed by atoms with Crippen LogP contribution >= 0.6 is 0 Å². The summed E-state index contributed by atoms with van der Waals surface area (Å²) in [6.45, 7) is 3.48. The van der Waals surface area contributed by atoms with E-state index in [1.807, 2.05) is 0 Å². The number of carbonyl (C=O) groups excluding carboxylic acids is 2. The molecule has 5 heteroatoms. The number of amides is 2. The average molecular weight is 306 g/mol. The Morgan fingerprint density at radius 3 is 2.55 bits per heavy atom. The van der Waals surface area contributed by atoms with Crippen molar-refractivity contribution in [1.29, 1.82) is 0 Å². The molecular formula is C17H26N2O3. The monoisotopic (exact) mass is 306 g/mol. The Morgan fingerprint density at radius 1 is 1.23 bits per heavy atom. The van der Waals surface area contributed by atoms with E-state index in [2.05, 4.69) is 17.1 Å². The van der Waals surface area contributed by atoms with Crippen LogP contribution in [0.4, 0.5) is 0 Å². The Bertz CT molecular complexity index is 447. The number of piperidine rings is 1. The lowest BCUT2D eigenvalue weighted by Gasteiger charge is -2.33. The van der Waals surface area contributed by atoms with E-state index in [0.717, 1.165) is 25.9 Å². The Morgan fingerprint density at radius 2 is 1.91 bits per heavy atom. The molecule has 0 saturated carbocycles. The first-order chi connectivity index (χ1) is 10.7. The van der Waals surface area contributed by atoms with Crippen LogP contribution in [-0.4, -0.2) is 61.5 Å². The van der Waals surface area contributed by atoms with E-state index in [1.165, 1.54) is 0 Å². The second-order valence-electron chi connectivity index (χ2n) is 6.77. The summed E-state index contributed by atoms with van der Waals surface area (Å²) in [6.07, 6.45) is 7.91. The molecule has 2 saturated heterocycles. The molecule has 1 aliphatic carbocycles. The molecule has 22 heavy (non-hydrogen) atoms. The maximum Gasteiger partial charge on any atom is 0.227 e. The number of fused-ring (bicyclic) bond motifs is 1. The number of allylic oxidation sites excluding steroid dienone is 2. The average Bonchev–Trinajstić information content (AvgIpc) is 2.97. The van der Waals surface area contributed by atoms with Gasteiger partial charge in [-0.05, 0) is 31.1 Å². The fourth-order valence-electron chi connectivity index (χ4n) is 3.99. The number of rotatable bonds is 4. The van der Waals surface area contributed by atoms with Crippen molar-refractivity contribution >= 4 is 11.8 Å². The number of likely N-dealkylation sites (tertiary alicyclic amines) is 2. The van der Waals surface area contributed by atoms with Crippen LogP contribution in [0.1, 0.15) is 25.7 Å². The molecule has 2 fully saturated rings. The minimum Gasteiger partial charge on any atom is -0.383 e. The maximum atomic E-state index is 12.8. The van der Waals surface area contributed by atoms with E-state index in [9.17, 15) is 9.59 Å². The predicted octanol–water partition coefficient (Wildman–Crippen LogP) is 1.30. The third kappa shape index (κ3) is 3.19. The number of methoxy groups -OCH3 is 1. The van der Waals surface area contributed by atoms with Crippen molar-refractivity contribution in [2.45, 2.75) is 25.7 Å². The summed E-state index contributed by atoms with van der Waals surface area (Å²) >= 11 is 0. The van der Waals surface area contributed by atoms with Crippen molar-refractivity contribution in [2.75, 3.05) is 39.9 Å². The predicted molar refractivity (Wildman–Crippen MR) is 83.1 cm³/mol. The van der Waals surface area contributed by atoms with E-state index in [4.69, 9.17) is 4.74 Å². The highest BCUT2D eigenvalue weighted by molar-refractivity contribution is 5.84. The highest BCUT2D eigenvalue weighted by Crippen LogP contribution is 2.34. The SMILES string of the molecule is COCCN1CC(C(=O)N2C[C@H]3CC=CC[C@H]3C2)CCC1=O. The lowest BCUT2D eigenvalue weighted by Crippen LogP contribution is -2.47. The van der Waals surface area contributed by atoms with Crippen LogP contribution < -0.4 is 0 Å². The van der Waals surface area contributed by atoms with Crippen LogP contribution in [0.25, 0.3) is 0 Å². The number of ether oxygens (including phenoxy) is 1. The molecule has 0 N–H and O–H groups in total. The number of hydrogen-bond acceptors (Lipinski definition) is 3. The molecule has 0 radical (unpaired) electrons. The van der Waals surface area contributed by atoms with Gasteiger partial charge in [-0.1, -0.05) is 12.2 Å². The van der Waals surface area contributed by atoms with Crippen LogP contribution in [0, 0.1) is 17.8 Å². The molecule has 1 unspecified atom stereocenters. The van der Waals surface area contributed by atoms with Gasteiger partial charge in [-0.15, -0.1) is 0 Å². The van der Waals surface area contributed by atoms with E-state index >= 15 is 0 Å². The van der Waals surface area contributed by atoms with E-state index in [-0.39, 0.29) is 17.7 Å². The van der Waals surface area contributed by atoms with E-state index < -0.39 is 0 Å². The van der Waals surface area contributed by atoms with Crippen molar-refractivity contribution in [1.82, 2.24) is 9.80 Å². The van der Waals surface area contributed by atoms with Crippen molar-refractivity contribution in [3.8, 4) is 0 Å². The summed E-state index contributed by atoms with van der Waals surface area (Å²) in [7, 11) is 1.64. The summed E-state index contributed by atoms with van der Waals surface area (Å²) in [5.74, 6) is 1.67. The molecule has 122 valence electrons. The van der Waals surface area contributed by atoms with Gasteiger partial charge in [-0.2, -0.15) is 0 Å². The molecule has 0 aromatic carbocycles. The lowest BCUT2D eigenvalue weighted by atomic mass is 9.86. The quantitative estimate of drug-likeness (QED) is 0.736. The smallest absolute Gasteiger partial charge is 0.227 e. The number of carbonyl (C=O) groups is 2. The van der Waals surface area contributed by atoms with Crippen molar-refractivity contribution < 1.29 is 14.3 Å². The van der Waals surface area contributed by atoms with Gasteiger partial charge < -0.3 is 14.5 Å². The van der Waals surface area contributed by atoms with Crippen LogP contribution in [0.2, 0.25) is 0 Å². The lowest BCUT2D eigenvalue weighted by molar-refractivity contribution is -0.143. The minimum atomic E-state index is -0.0253. The molecule has 2 aliphatic heterocycles. The summed E-state index contributed by atoms with van der Waals surface area (Å²) in [5.41, 5.74) is 0. The van der Waals surface area contributed by atoms with Crippen molar-refractivity contribution in [3.63, 3.8) is 0 Å². The van der Waals surface area contributed by atoms with Gasteiger partial charge in [0, 0.05) is 39.7 Å². The Hall–Kier alpha value is -1.36. The largest absolute Gasteiger partial charge is 0.383 e. The topological polar surface area (TPSA) is 49.9 Å². The van der Waals surface area contributed by atoms with Gasteiger partial charge in [0.15, 0.2) is 0 Å². The van der Waals surface area contributed by atoms with Crippen LogP contribution in [0.15, 0.2) is 12.2 Å². The van der Waals surface area contributed by atoms with Gasteiger partial charge in [0.25, 0.3) is 0 Å². The van der Waals surface area contributed by atoms with Gasteiger partial charge in [0.2, 0.25) is 11.8 Å². The molecular weight excluding hydrogens is 280 g/mol. The summed E-state index contributed by atoms with van der Waals surface area (Å²) < 4.78 is 5.06. The van der Waals surface area contributed by atoms with E-state index in [1.54, 1.807) is 12.0 Å². The molecule has 0 aromatic rings. The first-order valence-corrected chi connectivity index (χ1v) is 8.39. The van der Waals surface area contributed by atoms with Gasteiger partial charge in [0.1, 0.15) is 0 Å². The number of hydrogen-bond donors (Lipinski definition) is 0. The number of nitrogens with zero attached hydrogens (tertiary/aromatic N) is 2. The molecule has 0 spiro atoms. The molecule has 0 aromatic heterocycles. The van der Waals surface area contributed by atoms with Crippen molar-refractivity contribution in [2.24, 2.45) is 17.8 Å². The first kappa shape index (κ1) is 15.5. The summed E-state index contributed by atoms with van der Waals surface area (Å²) in [5, 5.41) is 0. The van der Waals surface area contributed by atoms with Crippen LogP contribution in [-0.2, 0) is 14.3 Å². The third-order valence-electron chi connectivity index (χ3n) is 5.35. The zero-order valence-electron chi connectivity index (χ0n) is 13.4. The van der Waals surface area contributed by atoms with Gasteiger partial charge in [-0.3, -0.25) is 9.59 Å². The summed E-state index contributed by atoms with van der Waals surface area (Å²) in [6, 6.07) is 0. The minimum absolute atomic E-state index is 0.0253. The van der Waals surface area contributed by atoms with E-state index in [0.29, 0.717) is 44.4 Å². The third-order valence-corrected chi connectivity index (χ3v) is 5.35. The molecule has 0 bridgehead atoms. The van der Waals surface area contributed by atoms with Crippen LogP contribution in [0.5, 0.6) is 0 Å². The zero-order valence-corrected chi connectivity index (χ0v) is 13.4. The van der Waals surface area contributed by atoms with Crippen LogP contribution in [0.3, 0.4) is 0 Å². The first-order valence-electron chi connectivity index (χ1n) is 8.39. The van der Waals surface area contributed by atoms with Crippen molar-refractivity contribution in [3.05, 3.63) is 12.2 Å². The Labute approximate surface area is 132 Å². The molecule has 3 rings (SSSR count). The molecule has 3 aliphatic rings.